The fourth-order valence-corrected chi connectivity index (χ4v) is 5.13. The van der Waals surface area contributed by atoms with Crippen molar-refractivity contribution in [1.82, 2.24) is 20.2 Å². The molecule has 0 aromatic carbocycles. The predicted octanol–water partition coefficient (Wildman–Crippen LogP) is 1.59. The summed E-state index contributed by atoms with van der Waals surface area (Å²) in [6.07, 6.45) is 6.63. The zero-order valence-corrected chi connectivity index (χ0v) is 20.3. The lowest BCUT2D eigenvalue weighted by atomic mass is 10.0. The van der Waals surface area contributed by atoms with Gasteiger partial charge in [0.15, 0.2) is 10.8 Å². The van der Waals surface area contributed by atoms with Crippen LogP contribution in [0.25, 0.3) is 6.08 Å². The van der Waals surface area contributed by atoms with Crippen LogP contribution in [0.1, 0.15) is 11.3 Å². The summed E-state index contributed by atoms with van der Waals surface area (Å²) >= 11 is 2.38. The summed E-state index contributed by atoms with van der Waals surface area (Å²) in [4.78, 5) is 46.3. The van der Waals surface area contributed by atoms with Gasteiger partial charge in [0.1, 0.15) is 22.8 Å². The number of anilines is 1. The average Bonchev–Trinajstić information content (AvgIpc) is 3.22. The molecular weight excluding hydrogens is 527 g/mol. The molecule has 4 heterocycles. The zero-order valence-electron chi connectivity index (χ0n) is 17.0. The Balaban J connectivity index is 0.00000204. The fourth-order valence-electron chi connectivity index (χ4n) is 3.26. The minimum atomic E-state index is -1.24. The van der Waals surface area contributed by atoms with E-state index in [1.807, 2.05) is 6.07 Å². The third-order valence-corrected chi connectivity index (χ3v) is 6.70. The highest BCUT2D eigenvalue weighted by atomic mass is 35.5. The molecule has 1 saturated heterocycles. The monoisotopic (exact) mass is 544 g/mol. The van der Waals surface area contributed by atoms with Gasteiger partial charge in [0.25, 0.3) is 11.8 Å². The van der Waals surface area contributed by atoms with E-state index in [1.165, 1.54) is 17.1 Å². The number of carbonyl (C=O) groups is 3. The minimum Gasteiger partial charge on any atom is -0.477 e. The number of oxime groups is 1. The molecule has 11 nitrogen and oxygen atoms in total. The fraction of sp³-hybridized carbons (Fsp3) is 0.158. The number of carboxylic acid groups (broad SMARTS) is 1. The lowest BCUT2D eigenvalue weighted by Gasteiger charge is -2.49. The summed E-state index contributed by atoms with van der Waals surface area (Å²) in [5.74, 6) is -2.31. The molecule has 2 aliphatic heterocycles. The van der Waals surface area contributed by atoms with Gasteiger partial charge in [-0.3, -0.25) is 19.5 Å². The van der Waals surface area contributed by atoms with Gasteiger partial charge >= 0.3 is 5.97 Å². The number of carbonyl (C=O) groups excluding carboxylic acids is 2. The first-order chi connectivity index (χ1) is 15.4. The second kappa shape index (κ2) is 11.3. The summed E-state index contributed by atoms with van der Waals surface area (Å²) in [7, 11) is 0. The van der Waals surface area contributed by atoms with Gasteiger partial charge in [0, 0.05) is 23.5 Å². The Labute approximate surface area is 213 Å². The molecule has 2 aromatic rings. The highest BCUT2D eigenvalue weighted by Crippen LogP contribution is 2.40. The number of pyridine rings is 1. The van der Waals surface area contributed by atoms with Gasteiger partial charge in [-0.15, -0.1) is 47.9 Å². The Hall–Kier alpha value is -3.13. The number of fused-ring (bicyclic) bond motifs is 1. The van der Waals surface area contributed by atoms with Gasteiger partial charge in [-0.05, 0) is 17.2 Å². The predicted molar refractivity (Wildman–Crippen MR) is 132 cm³/mol. The molecule has 1 fully saturated rings. The average molecular weight is 545 g/mol. The number of amides is 2. The van der Waals surface area contributed by atoms with Crippen LogP contribution in [0.15, 0.2) is 52.4 Å². The molecule has 4 rings (SSSR count). The van der Waals surface area contributed by atoms with E-state index in [0.717, 1.165) is 21.8 Å². The molecule has 2 atom stereocenters. The Kier molecular flexibility index (Phi) is 9.04. The molecule has 2 aromatic heterocycles. The number of hydrogen-bond acceptors (Lipinski definition) is 10. The van der Waals surface area contributed by atoms with Gasteiger partial charge in [-0.2, -0.15) is 0 Å². The van der Waals surface area contributed by atoms with E-state index in [1.54, 1.807) is 30.6 Å². The molecule has 34 heavy (non-hydrogen) atoms. The first-order valence-corrected chi connectivity index (χ1v) is 11.1. The highest BCUT2D eigenvalue weighted by Gasteiger charge is 2.54. The summed E-state index contributed by atoms with van der Waals surface area (Å²) in [5.41, 5.74) is 6.35. The quantitative estimate of drug-likeness (QED) is 0.182. The van der Waals surface area contributed by atoms with Crippen LogP contribution < -0.4 is 11.1 Å². The molecule has 2 amide bonds. The van der Waals surface area contributed by atoms with Crippen LogP contribution in [-0.2, 0) is 14.4 Å². The molecule has 180 valence electrons. The number of nitrogens with zero attached hydrogens (tertiary/aromatic N) is 4. The number of nitrogen functional groups attached to an aromatic ring is 1. The molecule has 0 bridgehead atoms. The topological polar surface area (TPSA) is 171 Å². The molecule has 5 N–H and O–H groups in total. The van der Waals surface area contributed by atoms with Crippen LogP contribution in [0.3, 0.4) is 0 Å². The first kappa shape index (κ1) is 27.1. The molecule has 0 radical (unpaired) electrons. The molecule has 0 spiro atoms. The molecule has 2 aliphatic rings. The van der Waals surface area contributed by atoms with Crippen molar-refractivity contribution in [2.24, 2.45) is 5.16 Å². The molecule has 0 aliphatic carbocycles. The number of halogens is 2. The number of aromatic nitrogens is 2. The van der Waals surface area contributed by atoms with Crippen molar-refractivity contribution in [1.29, 1.82) is 0 Å². The lowest BCUT2D eigenvalue weighted by Crippen LogP contribution is -2.71. The van der Waals surface area contributed by atoms with Crippen LogP contribution in [0.4, 0.5) is 5.13 Å². The number of rotatable bonds is 6. The maximum absolute atomic E-state index is 12.7. The Bertz CT molecular complexity index is 1190. The van der Waals surface area contributed by atoms with Crippen LogP contribution >= 0.6 is 47.9 Å². The number of nitrogens with one attached hydrogen (secondary N) is 1. The van der Waals surface area contributed by atoms with Crippen molar-refractivity contribution in [2.45, 2.75) is 11.4 Å². The summed E-state index contributed by atoms with van der Waals surface area (Å²) in [5, 5.41) is 25.4. The van der Waals surface area contributed by atoms with Crippen molar-refractivity contribution >= 4 is 82.6 Å². The third-order valence-electron chi connectivity index (χ3n) is 4.73. The largest absolute Gasteiger partial charge is 0.477 e. The number of β-lactam (4-membered cyclic amide) rings is 1. The number of thiazole rings is 1. The summed E-state index contributed by atoms with van der Waals surface area (Å²) < 4.78 is 0. The van der Waals surface area contributed by atoms with E-state index in [4.69, 9.17) is 5.73 Å². The van der Waals surface area contributed by atoms with E-state index >= 15 is 0 Å². The molecular formula is C19H18Cl2N6O5S2. The Morgan fingerprint density at radius 3 is 2.68 bits per heavy atom. The van der Waals surface area contributed by atoms with E-state index in [2.05, 4.69) is 20.4 Å². The standard InChI is InChI=1S/C19H16N6O5S2.2ClH/c20-19-22-11(8-32-19)12(24-30)15(26)23-13-16(27)25-14(18(28)29)10(7-31-17(13)25)4-3-9-2-1-5-21-6-9;;/h1-6,8,13,17,30H,7H2,(H2,20,22)(H,23,26)(H,28,29);2*1H/b4-3-,24-12?;;/t13-,17+;;/m1../s1. The van der Waals surface area contributed by atoms with Crippen LogP contribution in [0.2, 0.25) is 0 Å². The SMILES string of the molecule is Cl.Cl.Nc1nc(C(=NO)C(=O)N[C@@H]2C(=O)N3C(C(=O)O)=C(/C=C\c4cccnc4)CS[C@@H]23)cs1. The molecule has 0 unspecified atom stereocenters. The maximum Gasteiger partial charge on any atom is 0.352 e. The normalized spacial score (nSPS) is 19.6. The third kappa shape index (κ3) is 5.17. The smallest absolute Gasteiger partial charge is 0.352 e. The molecule has 0 saturated carbocycles. The number of nitrogens with two attached hydrogens (primary N) is 1. The van der Waals surface area contributed by atoms with Gasteiger partial charge in [-0.25, -0.2) is 9.78 Å². The number of thioether (sulfide) groups is 1. The van der Waals surface area contributed by atoms with Gasteiger partial charge in [0.05, 0.1) is 0 Å². The summed E-state index contributed by atoms with van der Waals surface area (Å²) in [6, 6.07) is 2.60. The minimum absolute atomic E-state index is 0. The van der Waals surface area contributed by atoms with E-state index in [0.29, 0.717) is 11.3 Å². The Morgan fingerprint density at radius 2 is 2.09 bits per heavy atom. The lowest BCUT2D eigenvalue weighted by molar-refractivity contribution is -0.150. The Morgan fingerprint density at radius 1 is 1.32 bits per heavy atom. The number of hydrogen-bond donors (Lipinski definition) is 4. The van der Waals surface area contributed by atoms with E-state index in [9.17, 15) is 24.7 Å². The summed E-state index contributed by atoms with van der Waals surface area (Å²) in [6.45, 7) is 0. The zero-order chi connectivity index (χ0) is 22.8. The second-order valence-corrected chi connectivity index (χ2v) is 8.67. The van der Waals surface area contributed by atoms with Gasteiger partial charge in [0.2, 0.25) is 0 Å². The number of aliphatic carboxylic acids is 1. The number of allylic oxidation sites excluding steroid dienone is 1. The van der Waals surface area contributed by atoms with Crippen molar-refractivity contribution in [3.05, 3.63) is 58.5 Å². The van der Waals surface area contributed by atoms with Gasteiger partial charge < -0.3 is 21.4 Å². The number of carboxylic acids is 1. The van der Waals surface area contributed by atoms with Crippen molar-refractivity contribution in [2.75, 3.05) is 11.5 Å². The van der Waals surface area contributed by atoms with Crippen LogP contribution in [0, 0.1) is 0 Å². The van der Waals surface area contributed by atoms with Crippen molar-refractivity contribution < 1.29 is 24.7 Å². The van der Waals surface area contributed by atoms with Crippen LogP contribution in [0.5, 0.6) is 0 Å². The molecule has 15 heteroatoms. The highest BCUT2D eigenvalue weighted by molar-refractivity contribution is 8.00. The second-order valence-electron chi connectivity index (χ2n) is 6.68. The van der Waals surface area contributed by atoms with Gasteiger partial charge in [-0.1, -0.05) is 23.4 Å². The van der Waals surface area contributed by atoms with Crippen molar-refractivity contribution in [3.63, 3.8) is 0 Å². The van der Waals surface area contributed by atoms with E-state index < -0.39 is 29.2 Å². The van der Waals surface area contributed by atoms with Crippen molar-refractivity contribution in [3.8, 4) is 0 Å². The first-order valence-electron chi connectivity index (χ1n) is 9.14. The van der Waals surface area contributed by atoms with E-state index in [-0.39, 0.29) is 47.0 Å². The maximum atomic E-state index is 12.7. The van der Waals surface area contributed by atoms with Crippen LogP contribution in [-0.4, -0.2) is 65.8 Å².